The number of aromatic nitrogens is 1. The summed E-state index contributed by atoms with van der Waals surface area (Å²) in [7, 11) is 3.21. The Morgan fingerprint density at radius 2 is 1.79 bits per heavy atom. The minimum Gasteiger partial charge on any atom is -0.493 e. The minimum absolute atomic E-state index is 0.676. The molecule has 1 aromatic carbocycles. The second kappa shape index (κ2) is 6.39. The zero-order chi connectivity index (χ0) is 13.5. The van der Waals surface area contributed by atoms with E-state index in [9.17, 15) is 0 Å². The summed E-state index contributed by atoms with van der Waals surface area (Å²) in [5, 5.41) is 4.14. The van der Waals surface area contributed by atoms with Gasteiger partial charge in [-0.1, -0.05) is 0 Å². The number of anilines is 1. The van der Waals surface area contributed by atoms with Crippen LogP contribution in [-0.4, -0.2) is 25.4 Å². The first-order chi connectivity index (χ1) is 9.33. The average molecular weight is 257 g/mol. The van der Waals surface area contributed by atoms with Gasteiger partial charge >= 0.3 is 0 Å². The van der Waals surface area contributed by atoms with Gasteiger partial charge in [-0.25, -0.2) is 0 Å². The lowest BCUT2D eigenvalue weighted by molar-refractivity contribution is 0.355. The lowest BCUT2D eigenvalue weighted by atomic mass is 10.2. The van der Waals surface area contributed by atoms with Crippen LogP contribution in [0.4, 0.5) is 5.69 Å². The highest BCUT2D eigenvalue weighted by Crippen LogP contribution is 2.26. The molecule has 0 atom stereocenters. The number of hydrogen-bond acceptors (Lipinski definition) is 5. The number of methoxy groups -OCH3 is 2. The Balaban J connectivity index is 2.07. The van der Waals surface area contributed by atoms with E-state index in [1.54, 1.807) is 32.8 Å². The normalized spacial score (nSPS) is 10.4. The Morgan fingerprint density at radius 1 is 1.05 bits per heavy atom. The number of pyridine rings is 1. The van der Waals surface area contributed by atoms with Gasteiger partial charge in [0.1, 0.15) is 0 Å². The second-order valence-corrected chi connectivity index (χ2v) is 3.72. The number of hydrazone groups is 1. The third-order valence-corrected chi connectivity index (χ3v) is 2.50. The van der Waals surface area contributed by atoms with E-state index in [0.717, 1.165) is 11.3 Å². The molecule has 0 aliphatic rings. The molecule has 1 N–H and O–H groups in total. The fraction of sp³-hybridized carbons (Fsp3) is 0.143. The van der Waals surface area contributed by atoms with Crippen molar-refractivity contribution in [3.8, 4) is 11.5 Å². The molecule has 0 spiro atoms. The molecule has 5 heteroatoms. The number of rotatable bonds is 5. The second-order valence-electron chi connectivity index (χ2n) is 3.72. The van der Waals surface area contributed by atoms with E-state index in [1.807, 2.05) is 30.3 Å². The van der Waals surface area contributed by atoms with Crippen molar-refractivity contribution in [2.45, 2.75) is 0 Å². The van der Waals surface area contributed by atoms with Crippen molar-refractivity contribution in [3.63, 3.8) is 0 Å². The van der Waals surface area contributed by atoms with Gasteiger partial charge in [0.25, 0.3) is 0 Å². The Kier molecular flexibility index (Phi) is 4.34. The van der Waals surface area contributed by atoms with Crippen molar-refractivity contribution in [1.82, 2.24) is 4.98 Å². The molecule has 0 aliphatic carbocycles. The van der Waals surface area contributed by atoms with Gasteiger partial charge in [-0.3, -0.25) is 10.4 Å². The summed E-state index contributed by atoms with van der Waals surface area (Å²) in [6.07, 6.45) is 5.12. The molecule has 98 valence electrons. The van der Waals surface area contributed by atoms with Gasteiger partial charge in [-0.2, -0.15) is 5.10 Å². The van der Waals surface area contributed by atoms with Crippen LogP contribution < -0.4 is 14.9 Å². The largest absolute Gasteiger partial charge is 0.493 e. The van der Waals surface area contributed by atoms with E-state index in [1.165, 1.54) is 0 Å². The summed E-state index contributed by atoms with van der Waals surface area (Å²) < 4.78 is 10.4. The van der Waals surface area contributed by atoms with Gasteiger partial charge in [-0.15, -0.1) is 0 Å². The molecular formula is C14H15N3O2. The number of ether oxygens (including phenoxy) is 2. The van der Waals surface area contributed by atoms with E-state index in [4.69, 9.17) is 9.47 Å². The SMILES string of the molecule is COc1ccc(C=NNc2ccncc2)cc1OC. The highest BCUT2D eigenvalue weighted by Gasteiger charge is 2.02. The predicted molar refractivity (Wildman–Crippen MR) is 75.0 cm³/mol. The van der Waals surface area contributed by atoms with Crippen LogP contribution in [0.1, 0.15) is 5.56 Å². The number of benzene rings is 1. The van der Waals surface area contributed by atoms with Crippen LogP contribution in [0.25, 0.3) is 0 Å². The van der Waals surface area contributed by atoms with Gasteiger partial charge < -0.3 is 9.47 Å². The standard InChI is InChI=1S/C14H15N3O2/c1-18-13-4-3-11(9-14(13)19-2)10-16-17-12-5-7-15-8-6-12/h3-10H,1-2H3,(H,15,17). The molecule has 0 saturated carbocycles. The lowest BCUT2D eigenvalue weighted by Gasteiger charge is -2.07. The molecule has 0 unspecified atom stereocenters. The third kappa shape index (κ3) is 3.45. The first kappa shape index (κ1) is 12.9. The predicted octanol–water partition coefficient (Wildman–Crippen LogP) is 2.54. The quantitative estimate of drug-likeness (QED) is 0.660. The Labute approximate surface area is 111 Å². The summed E-state index contributed by atoms with van der Waals surface area (Å²) in [6.45, 7) is 0. The van der Waals surface area contributed by atoms with Gasteiger partial charge in [0.05, 0.1) is 26.1 Å². The van der Waals surface area contributed by atoms with Crippen LogP contribution in [0.3, 0.4) is 0 Å². The summed E-state index contributed by atoms with van der Waals surface area (Å²) in [6, 6.07) is 9.28. The van der Waals surface area contributed by atoms with Crippen LogP contribution in [0.2, 0.25) is 0 Å². The summed E-state index contributed by atoms with van der Waals surface area (Å²) >= 11 is 0. The topological polar surface area (TPSA) is 55.7 Å². The van der Waals surface area contributed by atoms with Crippen LogP contribution in [0.5, 0.6) is 11.5 Å². The third-order valence-electron chi connectivity index (χ3n) is 2.50. The molecule has 19 heavy (non-hydrogen) atoms. The van der Waals surface area contributed by atoms with Crippen LogP contribution >= 0.6 is 0 Å². The number of nitrogens with one attached hydrogen (secondary N) is 1. The Bertz CT molecular complexity index is 556. The molecule has 2 rings (SSSR count). The molecule has 2 aromatic rings. The monoisotopic (exact) mass is 257 g/mol. The molecular weight excluding hydrogens is 242 g/mol. The zero-order valence-corrected chi connectivity index (χ0v) is 10.8. The number of nitrogens with zero attached hydrogens (tertiary/aromatic N) is 2. The smallest absolute Gasteiger partial charge is 0.161 e. The molecule has 5 nitrogen and oxygen atoms in total. The van der Waals surface area contributed by atoms with Crippen molar-refractivity contribution in [1.29, 1.82) is 0 Å². The van der Waals surface area contributed by atoms with E-state index >= 15 is 0 Å². The van der Waals surface area contributed by atoms with Crippen LogP contribution in [0.15, 0.2) is 47.8 Å². The zero-order valence-electron chi connectivity index (χ0n) is 10.8. The van der Waals surface area contributed by atoms with E-state index < -0.39 is 0 Å². The van der Waals surface area contributed by atoms with Gasteiger partial charge in [0.2, 0.25) is 0 Å². The molecule has 0 aliphatic heterocycles. The fourth-order valence-corrected chi connectivity index (χ4v) is 1.54. The molecule has 1 aromatic heterocycles. The molecule has 0 amide bonds. The first-order valence-corrected chi connectivity index (χ1v) is 5.74. The molecule has 0 radical (unpaired) electrons. The van der Waals surface area contributed by atoms with Crippen LogP contribution in [-0.2, 0) is 0 Å². The average Bonchev–Trinajstić information content (AvgIpc) is 2.48. The molecule has 0 saturated heterocycles. The maximum absolute atomic E-state index is 5.23. The molecule has 1 heterocycles. The summed E-state index contributed by atoms with van der Waals surface area (Å²) in [5.74, 6) is 1.37. The Hall–Kier alpha value is -2.56. The van der Waals surface area contributed by atoms with E-state index in [-0.39, 0.29) is 0 Å². The van der Waals surface area contributed by atoms with E-state index in [2.05, 4.69) is 15.5 Å². The van der Waals surface area contributed by atoms with Crippen molar-refractivity contribution in [3.05, 3.63) is 48.3 Å². The van der Waals surface area contributed by atoms with Crippen molar-refractivity contribution in [2.75, 3.05) is 19.6 Å². The van der Waals surface area contributed by atoms with Crippen molar-refractivity contribution in [2.24, 2.45) is 5.10 Å². The van der Waals surface area contributed by atoms with Gasteiger partial charge in [0.15, 0.2) is 11.5 Å². The Morgan fingerprint density at radius 3 is 2.47 bits per heavy atom. The highest BCUT2D eigenvalue weighted by molar-refractivity contribution is 5.81. The van der Waals surface area contributed by atoms with Crippen LogP contribution in [0, 0.1) is 0 Å². The van der Waals surface area contributed by atoms with Gasteiger partial charge in [-0.05, 0) is 35.9 Å². The molecule has 0 fully saturated rings. The van der Waals surface area contributed by atoms with Gasteiger partial charge in [0, 0.05) is 12.4 Å². The highest BCUT2D eigenvalue weighted by atomic mass is 16.5. The fourth-order valence-electron chi connectivity index (χ4n) is 1.54. The summed E-state index contributed by atoms with van der Waals surface area (Å²) in [4.78, 5) is 3.93. The maximum Gasteiger partial charge on any atom is 0.161 e. The minimum atomic E-state index is 0.676. The maximum atomic E-state index is 5.23. The molecule has 0 bridgehead atoms. The number of hydrogen-bond donors (Lipinski definition) is 1. The lowest BCUT2D eigenvalue weighted by Crippen LogP contribution is -1.94. The van der Waals surface area contributed by atoms with Crippen molar-refractivity contribution < 1.29 is 9.47 Å². The summed E-state index contributed by atoms with van der Waals surface area (Å²) in [5.41, 5.74) is 4.71. The van der Waals surface area contributed by atoms with Crippen molar-refractivity contribution >= 4 is 11.9 Å². The van der Waals surface area contributed by atoms with E-state index in [0.29, 0.717) is 11.5 Å². The first-order valence-electron chi connectivity index (χ1n) is 5.74.